The van der Waals surface area contributed by atoms with Crippen LogP contribution in [0.4, 0.5) is 5.82 Å². The second kappa shape index (κ2) is 6.43. The summed E-state index contributed by atoms with van der Waals surface area (Å²) in [6, 6.07) is 5.46. The third kappa shape index (κ3) is 2.58. The van der Waals surface area contributed by atoms with E-state index in [0.717, 1.165) is 16.7 Å². The molecule has 0 radical (unpaired) electrons. The molecular weight excluding hydrogens is 360 g/mol. The number of nitrogens with one attached hydrogen (secondary N) is 2. The minimum atomic E-state index is -0.548. The molecule has 1 aliphatic rings. The van der Waals surface area contributed by atoms with Gasteiger partial charge in [-0.3, -0.25) is 14.5 Å². The summed E-state index contributed by atoms with van der Waals surface area (Å²) >= 11 is 0. The Hall–Kier alpha value is -3.79. The topological polar surface area (TPSA) is 137 Å². The standard InChI is InChI=1S/C18H16N8O2/c19-15-13-14(22-6-7-28-17(13)25-18(27)24-15)11-8-10-2-1-3-23-16(10)26(11)12-9-20-4-5-21-12/h1-5,8-9,14,22H,6-7H2,(H3,19,24,25,27). The Bertz CT molecular complexity index is 1220. The molecule has 0 aliphatic carbocycles. The van der Waals surface area contributed by atoms with E-state index in [1.165, 1.54) is 0 Å². The molecule has 4 aromatic rings. The quantitative estimate of drug-likeness (QED) is 0.461. The lowest BCUT2D eigenvalue weighted by molar-refractivity contribution is 0.312. The maximum absolute atomic E-state index is 11.8. The fourth-order valence-electron chi connectivity index (χ4n) is 3.49. The summed E-state index contributed by atoms with van der Waals surface area (Å²) in [5.41, 5.74) is 7.75. The van der Waals surface area contributed by atoms with Gasteiger partial charge in [-0.2, -0.15) is 4.98 Å². The Morgan fingerprint density at radius 3 is 3.04 bits per heavy atom. The van der Waals surface area contributed by atoms with Crippen LogP contribution in [0.3, 0.4) is 0 Å². The third-order valence-electron chi connectivity index (χ3n) is 4.61. The summed E-state index contributed by atoms with van der Waals surface area (Å²) < 4.78 is 7.57. The molecule has 0 amide bonds. The Morgan fingerprint density at radius 1 is 1.25 bits per heavy atom. The molecule has 4 aromatic heterocycles. The molecular formula is C18H16N8O2. The SMILES string of the molecule is Nc1[nH]c(=O)nc2c1C(c1cc3cccnc3n1-c1cnccn1)NCCO2. The summed E-state index contributed by atoms with van der Waals surface area (Å²) in [7, 11) is 0. The van der Waals surface area contributed by atoms with Crippen molar-refractivity contribution in [1.82, 2.24) is 34.8 Å². The van der Waals surface area contributed by atoms with E-state index >= 15 is 0 Å². The van der Waals surface area contributed by atoms with Gasteiger partial charge in [0.2, 0.25) is 5.88 Å². The number of hydrogen-bond acceptors (Lipinski definition) is 8. The Labute approximate surface area is 158 Å². The molecule has 140 valence electrons. The molecule has 0 spiro atoms. The van der Waals surface area contributed by atoms with Gasteiger partial charge >= 0.3 is 5.69 Å². The van der Waals surface area contributed by atoms with Gasteiger partial charge in [0.15, 0.2) is 5.82 Å². The van der Waals surface area contributed by atoms with Crippen molar-refractivity contribution in [2.24, 2.45) is 0 Å². The van der Waals surface area contributed by atoms with E-state index in [4.69, 9.17) is 10.5 Å². The minimum Gasteiger partial charge on any atom is -0.476 e. The van der Waals surface area contributed by atoms with Crippen LogP contribution in [0.25, 0.3) is 16.9 Å². The highest BCUT2D eigenvalue weighted by molar-refractivity contribution is 5.79. The lowest BCUT2D eigenvalue weighted by Gasteiger charge is -2.20. The van der Waals surface area contributed by atoms with Crippen LogP contribution in [0.2, 0.25) is 0 Å². The van der Waals surface area contributed by atoms with Gasteiger partial charge in [-0.25, -0.2) is 14.8 Å². The molecule has 1 aliphatic heterocycles. The number of aromatic amines is 1. The average molecular weight is 376 g/mol. The number of nitrogens with zero attached hydrogens (tertiary/aromatic N) is 5. The van der Waals surface area contributed by atoms with Gasteiger partial charge in [0, 0.05) is 36.2 Å². The second-order valence-corrected chi connectivity index (χ2v) is 6.29. The molecule has 5 heterocycles. The van der Waals surface area contributed by atoms with E-state index in [0.29, 0.717) is 24.5 Å². The van der Waals surface area contributed by atoms with E-state index in [1.54, 1.807) is 24.8 Å². The van der Waals surface area contributed by atoms with Crippen molar-refractivity contribution in [2.45, 2.75) is 6.04 Å². The van der Waals surface area contributed by atoms with Crippen LogP contribution >= 0.6 is 0 Å². The fourth-order valence-corrected chi connectivity index (χ4v) is 3.49. The van der Waals surface area contributed by atoms with E-state index in [2.05, 4.69) is 30.2 Å². The van der Waals surface area contributed by atoms with Crippen molar-refractivity contribution in [2.75, 3.05) is 18.9 Å². The highest BCUT2D eigenvalue weighted by Gasteiger charge is 2.30. The van der Waals surface area contributed by atoms with Gasteiger partial charge in [-0.15, -0.1) is 0 Å². The van der Waals surface area contributed by atoms with Crippen molar-refractivity contribution < 1.29 is 4.74 Å². The minimum absolute atomic E-state index is 0.207. The summed E-state index contributed by atoms with van der Waals surface area (Å²) in [5, 5.41) is 4.36. The highest BCUT2D eigenvalue weighted by atomic mass is 16.5. The lowest BCUT2D eigenvalue weighted by atomic mass is 10.1. The Kier molecular flexibility index (Phi) is 3.76. The number of hydrogen-bond donors (Lipinski definition) is 3. The lowest BCUT2D eigenvalue weighted by Crippen LogP contribution is -2.27. The van der Waals surface area contributed by atoms with Gasteiger partial charge in [0.05, 0.1) is 17.8 Å². The number of pyridine rings is 1. The number of ether oxygens (including phenoxy) is 1. The number of H-pyrrole nitrogens is 1. The maximum Gasteiger partial charge on any atom is 0.349 e. The van der Waals surface area contributed by atoms with Crippen molar-refractivity contribution in [3.8, 4) is 11.7 Å². The number of rotatable bonds is 2. The summed E-state index contributed by atoms with van der Waals surface area (Å²) in [6.07, 6.45) is 6.63. The molecule has 10 nitrogen and oxygen atoms in total. The average Bonchev–Trinajstić information content (AvgIpc) is 2.95. The molecule has 1 unspecified atom stereocenters. The van der Waals surface area contributed by atoms with Gasteiger partial charge in [-0.1, -0.05) is 0 Å². The molecule has 0 aromatic carbocycles. The molecule has 28 heavy (non-hydrogen) atoms. The van der Waals surface area contributed by atoms with Crippen molar-refractivity contribution in [3.05, 3.63) is 64.7 Å². The molecule has 1 atom stereocenters. The summed E-state index contributed by atoms with van der Waals surface area (Å²) in [6.45, 7) is 0.910. The first-order valence-corrected chi connectivity index (χ1v) is 8.71. The predicted octanol–water partition coefficient (Wildman–Crippen LogP) is 0.552. The molecule has 4 N–H and O–H groups in total. The zero-order chi connectivity index (χ0) is 19.1. The maximum atomic E-state index is 11.8. The van der Waals surface area contributed by atoms with Gasteiger partial charge < -0.3 is 15.8 Å². The fraction of sp³-hybridized carbons (Fsp3) is 0.167. The van der Waals surface area contributed by atoms with Crippen molar-refractivity contribution in [1.29, 1.82) is 0 Å². The Balaban J connectivity index is 1.80. The van der Waals surface area contributed by atoms with Gasteiger partial charge in [0.1, 0.15) is 18.1 Å². The monoisotopic (exact) mass is 376 g/mol. The van der Waals surface area contributed by atoms with Crippen molar-refractivity contribution >= 4 is 16.9 Å². The first kappa shape index (κ1) is 16.4. The molecule has 10 heteroatoms. The van der Waals surface area contributed by atoms with Crippen LogP contribution in [-0.2, 0) is 0 Å². The largest absolute Gasteiger partial charge is 0.476 e. The Morgan fingerprint density at radius 2 is 2.18 bits per heavy atom. The number of fused-ring (bicyclic) bond motifs is 2. The second-order valence-electron chi connectivity index (χ2n) is 6.29. The van der Waals surface area contributed by atoms with Crippen LogP contribution in [0.1, 0.15) is 17.3 Å². The number of anilines is 1. The number of nitrogen functional groups attached to an aromatic ring is 1. The zero-order valence-electron chi connectivity index (χ0n) is 14.7. The van der Waals surface area contributed by atoms with E-state index in [1.807, 2.05) is 22.8 Å². The molecule has 0 bridgehead atoms. The summed E-state index contributed by atoms with van der Waals surface area (Å²) in [4.78, 5) is 31.4. The number of nitrogens with two attached hydrogens (primary N) is 1. The first-order chi connectivity index (χ1) is 13.7. The third-order valence-corrected chi connectivity index (χ3v) is 4.61. The molecule has 0 saturated heterocycles. The molecule has 0 fully saturated rings. The molecule has 0 saturated carbocycles. The number of aromatic nitrogens is 6. The first-order valence-electron chi connectivity index (χ1n) is 8.71. The van der Waals surface area contributed by atoms with Crippen LogP contribution in [0.15, 0.2) is 47.8 Å². The smallest absolute Gasteiger partial charge is 0.349 e. The van der Waals surface area contributed by atoms with Crippen LogP contribution in [0, 0.1) is 0 Å². The molecule has 5 rings (SSSR count). The van der Waals surface area contributed by atoms with Gasteiger partial charge in [-0.05, 0) is 18.2 Å². The predicted molar refractivity (Wildman–Crippen MR) is 101 cm³/mol. The zero-order valence-corrected chi connectivity index (χ0v) is 14.7. The van der Waals surface area contributed by atoms with Gasteiger partial charge in [0.25, 0.3) is 0 Å². The van der Waals surface area contributed by atoms with Crippen molar-refractivity contribution in [3.63, 3.8) is 0 Å². The van der Waals surface area contributed by atoms with Crippen LogP contribution < -0.4 is 21.5 Å². The van der Waals surface area contributed by atoms with E-state index in [9.17, 15) is 4.79 Å². The van der Waals surface area contributed by atoms with Crippen LogP contribution in [0.5, 0.6) is 5.88 Å². The summed E-state index contributed by atoms with van der Waals surface area (Å²) in [5.74, 6) is 1.05. The van der Waals surface area contributed by atoms with E-state index in [-0.39, 0.29) is 11.7 Å². The highest BCUT2D eigenvalue weighted by Crippen LogP contribution is 2.36. The van der Waals surface area contributed by atoms with Crippen LogP contribution in [-0.4, -0.2) is 42.6 Å². The normalized spacial score (nSPS) is 16.4. The van der Waals surface area contributed by atoms with E-state index < -0.39 is 11.7 Å².